The summed E-state index contributed by atoms with van der Waals surface area (Å²) in [5, 5.41) is 16.1. The van der Waals surface area contributed by atoms with E-state index in [0.717, 1.165) is 24.7 Å². The number of aromatic nitrogens is 2. The molecule has 1 aromatic heterocycles. The van der Waals surface area contributed by atoms with Gasteiger partial charge in [-0.05, 0) is 18.8 Å². The number of hydrogen-bond acceptors (Lipinski definition) is 4. The molecule has 0 atom stereocenters. The molecule has 1 heterocycles. The van der Waals surface area contributed by atoms with E-state index < -0.39 is 0 Å². The van der Waals surface area contributed by atoms with Gasteiger partial charge in [0.1, 0.15) is 0 Å². The molecule has 1 aliphatic carbocycles. The molecule has 90 valence electrons. The van der Waals surface area contributed by atoms with Gasteiger partial charge in [-0.3, -0.25) is 4.68 Å². The fourth-order valence-electron chi connectivity index (χ4n) is 1.49. The van der Waals surface area contributed by atoms with E-state index in [1.54, 1.807) is 0 Å². The summed E-state index contributed by atoms with van der Waals surface area (Å²) in [6.45, 7) is 2.85. The van der Waals surface area contributed by atoms with Crippen molar-refractivity contribution in [1.29, 1.82) is 0 Å². The van der Waals surface area contributed by atoms with Gasteiger partial charge in [0.25, 0.3) is 0 Å². The Balaban J connectivity index is 1.64. The highest BCUT2D eigenvalue weighted by molar-refractivity contribution is 5.38. The monoisotopic (exact) mass is 225 g/mol. The van der Waals surface area contributed by atoms with Crippen LogP contribution in [-0.4, -0.2) is 41.3 Å². The summed E-state index contributed by atoms with van der Waals surface area (Å²) in [7, 11) is 0. The van der Waals surface area contributed by atoms with E-state index in [9.17, 15) is 0 Å². The van der Waals surface area contributed by atoms with Crippen molar-refractivity contribution in [3.63, 3.8) is 0 Å². The van der Waals surface area contributed by atoms with Crippen molar-refractivity contribution in [3.05, 3.63) is 12.4 Å². The Hall–Kier alpha value is -1.07. The molecular weight excluding hydrogens is 206 g/mol. The van der Waals surface area contributed by atoms with Crippen LogP contribution >= 0.6 is 0 Å². The number of ether oxygens (including phenoxy) is 1. The van der Waals surface area contributed by atoms with E-state index in [4.69, 9.17) is 9.84 Å². The van der Waals surface area contributed by atoms with Gasteiger partial charge in [0, 0.05) is 12.7 Å². The largest absolute Gasteiger partial charge is 0.394 e. The summed E-state index contributed by atoms with van der Waals surface area (Å²) in [4.78, 5) is 0. The van der Waals surface area contributed by atoms with Gasteiger partial charge in [0.05, 0.1) is 38.2 Å². The summed E-state index contributed by atoms with van der Waals surface area (Å²) in [6, 6.07) is 0. The molecule has 0 aromatic carbocycles. The first-order valence-electron chi connectivity index (χ1n) is 5.83. The Kier molecular flexibility index (Phi) is 4.18. The van der Waals surface area contributed by atoms with E-state index in [2.05, 4.69) is 10.4 Å². The average molecular weight is 225 g/mol. The standard InChI is InChI=1S/C11H19N3O2/c15-4-6-16-5-3-14-9-11(8-13-14)12-7-10-1-2-10/h8-10,12,15H,1-7H2. The molecule has 0 radical (unpaired) electrons. The highest BCUT2D eigenvalue weighted by Gasteiger charge is 2.20. The molecule has 16 heavy (non-hydrogen) atoms. The lowest BCUT2D eigenvalue weighted by atomic mass is 10.4. The summed E-state index contributed by atoms with van der Waals surface area (Å²) in [6.07, 6.45) is 6.55. The van der Waals surface area contributed by atoms with Crippen LogP contribution in [-0.2, 0) is 11.3 Å². The maximum atomic E-state index is 8.54. The van der Waals surface area contributed by atoms with Crippen molar-refractivity contribution < 1.29 is 9.84 Å². The number of aliphatic hydroxyl groups excluding tert-OH is 1. The van der Waals surface area contributed by atoms with Crippen LogP contribution in [0.2, 0.25) is 0 Å². The first kappa shape index (κ1) is 11.4. The maximum Gasteiger partial charge on any atom is 0.0726 e. The molecule has 1 fully saturated rings. The van der Waals surface area contributed by atoms with Crippen molar-refractivity contribution in [2.24, 2.45) is 5.92 Å². The number of anilines is 1. The minimum absolute atomic E-state index is 0.0767. The van der Waals surface area contributed by atoms with Gasteiger partial charge in [-0.25, -0.2) is 0 Å². The van der Waals surface area contributed by atoms with Crippen LogP contribution in [0.15, 0.2) is 12.4 Å². The molecule has 0 aliphatic heterocycles. The van der Waals surface area contributed by atoms with E-state index in [-0.39, 0.29) is 6.61 Å². The molecule has 2 N–H and O–H groups in total. The normalized spacial score (nSPS) is 15.3. The van der Waals surface area contributed by atoms with Crippen LogP contribution in [0.3, 0.4) is 0 Å². The number of nitrogens with one attached hydrogen (secondary N) is 1. The number of hydrogen-bond donors (Lipinski definition) is 2. The third kappa shape index (κ3) is 3.83. The molecule has 1 aliphatic rings. The lowest BCUT2D eigenvalue weighted by Gasteiger charge is -2.02. The van der Waals surface area contributed by atoms with Crippen molar-refractivity contribution in [2.75, 3.05) is 31.7 Å². The Morgan fingerprint density at radius 2 is 2.38 bits per heavy atom. The zero-order valence-electron chi connectivity index (χ0n) is 9.43. The molecule has 0 unspecified atom stereocenters. The van der Waals surface area contributed by atoms with Gasteiger partial charge < -0.3 is 15.2 Å². The van der Waals surface area contributed by atoms with Gasteiger partial charge in [-0.1, -0.05) is 0 Å². The summed E-state index contributed by atoms with van der Waals surface area (Å²) in [5.41, 5.74) is 1.08. The summed E-state index contributed by atoms with van der Waals surface area (Å²) in [5.74, 6) is 0.872. The van der Waals surface area contributed by atoms with Crippen molar-refractivity contribution in [1.82, 2.24) is 9.78 Å². The third-order valence-electron chi connectivity index (χ3n) is 2.63. The quantitative estimate of drug-likeness (QED) is 0.640. The van der Waals surface area contributed by atoms with Gasteiger partial charge in [-0.2, -0.15) is 5.10 Å². The summed E-state index contributed by atoms with van der Waals surface area (Å²) >= 11 is 0. The minimum Gasteiger partial charge on any atom is -0.394 e. The van der Waals surface area contributed by atoms with E-state index >= 15 is 0 Å². The Morgan fingerprint density at radius 3 is 3.12 bits per heavy atom. The van der Waals surface area contributed by atoms with Crippen LogP contribution in [0.1, 0.15) is 12.8 Å². The minimum atomic E-state index is 0.0767. The second kappa shape index (κ2) is 5.86. The van der Waals surface area contributed by atoms with Gasteiger partial charge >= 0.3 is 0 Å². The van der Waals surface area contributed by atoms with Crippen molar-refractivity contribution in [3.8, 4) is 0 Å². The fourth-order valence-corrected chi connectivity index (χ4v) is 1.49. The van der Waals surface area contributed by atoms with E-state index in [1.807, 2.05) is 17.1 Å². The SMILES string of the molecule is OCCOCCn1cc(NCC2CC2)cn1. The third-order valence-corrected chi connectivity index (χ3v) is 2.63. The first-order chi connectivity index (χ1) is 7.88. The molecule has 0 bridgehead atoms. The van der Waals surface area contributed by atoms with Crippen LogP contribution < -0.4 is 5.32 Å². The maximum absolute atomic E-state index is 8.54. The molecule has 0 saturated heterocycles. The zero-order valence-corrected chi connectivity index (χ0v) is 9.43. The van der Waals surface area contributed by atoms with E-state index in [1.165, 1.54) is 12.8 Å². The topological polar surface area (TPSA) is 59.3 Å². The molecule has 2 rings (SSSR count). The Morgan fingerprint density at radius 1 is 1.50 bits per heavy atom. The lowest BCUT2D eigenvalue weighted by molar-refractivity contribution is 0.0854. The number of nitrogens with zero attached hydrogens (tertiary/aromatic N) is 2. The molecule has 0 amide bonds. The highest BCUT2D eigenvalue weighted by atomic mass is 16.5. The van der Waals surface area contributed by atoms with Crippen LogP contribution in [0.4, 0.5) is 5.69 Å². The van der Waals surface area contributed by atoms with E-state index in [0.29, 0.717) is 13.2 Å². The molecular formula is C11H19N3O2. The van der Waals surface area contributed by atoms with Crippen molar-refractivity contribution in [2.45, 2.75) is 19.4 Å². The van der Waals surface area contributed by atoms with Crippen LogP contribution in [0.5, 0.6) is 0 Å². The first-order valence-corrected chi connectivity index (χ1v) is 5.83. The Labute approximate surface area is 95.4 Å². The number of rotatable bonds is 8. The van der Waals surface area contributed by atoms with Gasteiger partial charge in [-0.15, -0.1) is 0 Å². The molecule has 1 aromatic rings. The highest BCUT2D eigenvalue weighted by Crippen LogP contribution is 2.28. The van der Waals surface area contributed by atoms with Gasteiger partial charge in [0.2, 0.25) is 0 Å². The van der Waals surface area contributed by atoms with Gasteiger partial charge in [0.15, 0.2) is 0 Å². The predicted octanol–water partition coefficient (Wildman–Crippen LogP) is 0.714. The Bertz CT molecular complexity index is 310. The average Bonchev–Trinajstić information content (AvgIpc) is 3.02. The second-order valence-corrected chi connectivity index (χ2v) is 4.15. The molecule has 1 saturated carbocycles. The van der Waals surface area contributed by atoms with Crippen LogP contribution in [0.25, 0.3) is 0 Å². The number of aliphatic hydroxyl groups is 1. The molecule has 0 spiro atoms. The zero-order chi connectivity index (χ0) is 11.2. The second-order valence-electron chi connectivity index (χ2n) is 4.15. The predicted molar refractivity (Wildman–Crippen MR) is 61.3 cm³/mol. The van der Waals surface area contributed by atoms with Crippen LogP contribution in [0, 0.1) is 5.92 Å². The van der Waals surface area contributed by atoms with Crippen molar-refractivity contribution >= 4 is 5.69 Å². The molecule has 5 nitrogen and oxygen atoms in total. The fraction of sp³-hybridized carbons (Fsp3) is 0.727. The lowest BCUT2D eigenvalue weighted by Crippen LogP contribution is -2.08. The summed E-state index contributed by atoms with van der Waals surface area (Å²) < 4.78 is 7.03. The smallest absolute Gasteiger partial charge is 0.0726 e. The molecule has 5 heteroatoms.